The topological polar surface area (TPSA) is 279 Å². The number of alkyl carbamates (subject to hydrolysis) is 1. The van der Waals surface area contributed by atoms with Crippen LogP contribution in [0, 0.1) is 0 Å². The second-order valence-corrected chi connectivity index (χ2v) is 22.6. The fraction of sp³-hybridized carbons (Fsp3) is 0.400. The number of fused-ring (bicyclic) bond motifs is 1. The number of benzene rings is 4. The van der Waals surface area contributed by atoms with E-state index in [9.17, 15) is 58.8 Å². The number of piperidine rings is 2. The van der Waals surface area contributed by atoms with Crippen LogP contribution in [0.4, 0.5) is 29.3 Å². The van der Waals surface area contributed by atoms with Crippen molar-refractivity contribution in [3.63, 3.8) is 0 Å². The number of sulfonamides is 1. The fourth-order valence-electron chi connectivity index (χ4n) is 8.63. The number of nitrogens with zero attached hydrogens (tertiary/aromatic N) is 2. The van der Waals surface area contributed by atoms with E-state index in [1.54, 1.807) is 22.9 Å². The van der Waals surface area contributed by atoms with Crippen LogP contribution in [0.1, 0.15) is 75.2 Å². The quantitative estimate of drug-likeness (QED) is 0.0270. The zero-order valence-corrected chi connectivity index (χ0v) is 43.3. The highest BCUT2D eigenvalue weighted by molar-refractivity contribution is 7.99. The molecule has 0 aliphatic carbocycles. The summed E-state index contributed by atoms with van der Waals surface area (Å²) in [4.78, 5) is 77.4. The molecule has 0 spiro atoms. The third-order valence-corrected chi connectivity index (χ3v) is 16.6. The first-order valence-corrected chi connectivity index (χ1v) is 28.2. The minimum atomic E-state index is -6.13. The summed E-state index contributed by atoms with van der Waals surface area (Å²) in [5, 5.41) is 7.79. The van der Waals surface area contributed by atoms with Gasteiger partial charge in [-0.15, -0.1) is 11.8 Å². The number of rotatable bonds is 24. The Morgan fingerprint density at radius 1 is 0.842 bits per heavy atom. The summed E-state index contributed by atoms with van der Waals surface area (Å²) in [6.45, 7) is 2.62. The van der Waals surface area contributed by atoms with Gasteiger partial charge in [-0.25, -0.2) is 26.4 Å². The second kappa shape index (κ2) is 25.5. The van der Waals surface area contributed by atoms with Crippen LogP contribution in [0.3, 0.4) is 0 Å². The van der Waals surface area contributed by atoms with E-state index < -0.39 is 94.7 Å². The zero-order valence-electron chi connectivity index (χ0n) is 40.8. The van der Waals surface area contributed by atoms with Gasteiger partial charge in [-0.05, 0) is 105 Å². The largest absolute Gasteiger partial charge is 0.501 e. The number of nitrogen functional groups attached to an aromatic ring is 1. The van der Waals surface area contributed by atoms with Gasteiger partial charge < -0.3 is 35.5 Å². The van der Waals surface area contributed by atoms with Crippen molar-refractivity contribution in [3.05, 3.63) is 113 Å². The molecule has 6 amide bonds. The smallest absolute Gasteiger partial charge is 0.446 e. The number of thioether (sulfide) groups is 1. The van der Waals surface area contributed by atoms with Crippen molar-refractivity contribution in [3.8, 4) is 0 Å². The molecule has 7 rings (SSSR count). The lowest BCUT2D eigenvalue weighted by atomic mass is 9.99. The number of ether oxygens (including phenoxy) is 3. The van der Waals surface area contributed by atoms with Gasteiger partial charge in [0.1, 0.15) is 17.0 Å². The highest BCUT2D eigenvalue weighted by Crippen LogP contribution is 2.37. The number of nitrogens with one attached hydrogen (secondary N) is 4. The number of amides is 6. The molecule has 3 heterocycles. The Bertz CT molecular complexity index is 3000. The molecule has 76 heavy (non-hydrogen) atoms. The van der Waals surface area contributed by atoms with Crippen molar-refractivity contribution in [2.24, 2.45) is 0 Å². The van der Waals surface area contributed by atoms with Gasteiger partial charge in [-0.1, -0.05) is 30.3 Å². The summed E-state index contributed by atoms with van der Waals surface area (Å²) in [5.74, 6) is -3.10. The predicted molar refractivity (Wildman–Crippen MR) is 271 cm³/mol. The first kappa shape index (κ1) is 57.1. The highest BCUT2D eigenvalue weighted by Gasteiger charge is 2.49. The monoisotopic (exact) mass is 1120 g/mol. The van der Waals surface area contributed by atoms with E-state index in [2.05, 4.69) is 20.9 Å². The van der Waals surface area contributed by atoms with E-state index in [-0.39, 0.29) is 67.3 Å². The summed E-state index contributed by atoms with van der Waals surface area (Å²) in [6, 6.07) is 19.8. The summed E-state index contributed by atoms with van der Waals surface area (Å²) in [7, 11) is -11.0. The van der Waals surface area contributed by atoms with Crippen LogP contribution in [-0.4, -0.2) is 144 Å². The third-order valence-electron chi connectivity index (χ3n) is 12.6. The number of likely N-dealkylation sites (tertiary alicyclic amines) is 1. The molecule has 0 bridgehead atoms. The van der Waals surface area contributed by atoms with Crippen molar-refractivity contribution in [2.75, 3.05) is 69.4 Å². The van der Waals surface area contributed by atoms with Gasteiger partial charge in [-0.2, -0.15) is 13.2 Å². The molecule has 0 radical (unpaired) electrons. The molecule has 2 atom stereocenters. The molecule has 4 aromatic carbocycles. The number of nitrogens with two attached hydrogens (primary N) is 1. The van der Waals surface area contributed by atoms with Gasteiger partial charge in [0, 0.05) is 67.1 Å². The van der Waals surface area contributed by atoms with Crippen molar-refractivity contribution in [1.82, 2.24) is 25.2 Å². The first-order chi connectivity index (χ1) is 36.2. The average Bonchev–Trinajstić information content (AvgIpc) is 3.65. The number of imide groups is 2. The summed E-state index contributed by atoms with van der Waals surface area (Å²) in [5.41, 5.74) is 0.623. The molecule has 3 aliphatic heterocycles. The molecule has 6 N–H and O–H groups in total. The van der Waals surface area contributed by atoms with Crippen LogP contribution in [0.2, 0.25) is 0 Å². The van der Waals surface area contributed by atoms with E-state index in [1.807, 2.05) is 30.3 Å². The molecule has 4 aromatic rings. The molecule has 2 fully saturated rings. The maximum atomic E-state index is 14.2. The first-order valence-electron chi connectivity index (χ1n) is 24.2. The number of hydrogen-bond donors (Lipinski definition) is 5. The van der Waals surface area contributed by atoms with Crippen molar-refractivity contribution >= 4 is 78.6 Å². The lowest BCUT2D eigenvalue weighted by molar-refractivity contribution is -0.136. The summed E-state index contributed by atoms with van der Waals surface area (Å²) < 4.78 is 114. The van der Waals surface area contributed by atoms with Gasteiger partial charge in [0.2, 0.25) is 11.8 Å². The molecule has 2 saturated heterocycles. The maximum absolute atomic E-state index is 14.2. The van der Waals surface area contributed by atoms with Crippen molar-refractivity contribution in [1.29, 1.82) is 0 Å². The highest BCUT2D eigenvalue weighted by atomic mass is 32.2. The third kappa shape index (κ3) is 14.7. The normalized spacial score (nSPS) is 17.0. The number of anilines is 2. The Kier molecular flexibility index (Phi) is 19.2. The minimum Gasteiger partial charge on any atom is -0.446 e. The predicted octanol–water partition coefficient (Wildman–Crippen LogP) is 4.90. The minimum absolute atomic E-state index is 0.0288. The van der Waals surface area contributed by atoms with E-state index in [1.165, 1.54) is 36.0 Å². The SMILES string of the molecule is Nc1ccc(C(=O)NS(=O)(=O)c2ccc(N[C@H](CCN3CCC(OC(=O)NCCOCCOCCCc4cccc5c4C(=O)N(C4CCC(=O)NC4=O)C5=O)CC3)CSc3ccccc3)c(S(=O)(=O)C(F)(F)F)c2)cc1. The molecule has 1 unspecified atom stereocenters. The lowest BCUT2D eigenvalue weighted by Crippen LogP contribution is -2.54. The lowest BCUT2D eigenvalue weighted by Gasteiger charge is -2.33. The fourth-order valence-corrected chi connectivity index (χ4v) is 11.6. The van der Waals surface area contributed by atoms with Crippen LogP contribution in [0.5, 0.6) is 0 Å². The molecule has 0 aromatic heterocycles. The van der Waals surface area contributed by atoms with Gasteiger partial charge in [0.05, 0.1) is 41.5 Å². The number of hydrogen-bond acceptors (Lipinski definition) is 17. The number of halogens is 3. The van der Waals surface area contributed by atoms with E-state index >= 15 is 0 Å². The van der Waals surface area contributed by atoms with Gasteiger partial charge >= 0.3 is 11.6 Å². The second-order valence-electron chi connectivity index (χ2n) is 17.9. The number of alkyl halides is 3. The van der Waals surface area contributed by atoms with Crippen molar-refractivity contribution in [2.45, 2.75) is 83.3 Å². The molecular weight excluding hydrogens is 1060 g/mol. The number of aryl methyl sites for hydroxylation is 1. The van der Waals surface area contributed by atoms with Crippen LogP contribution in [0.15, 0.2) is 106 Å². The Morgan fingerprint density at radius 3 is 2.25 bits per heavy atom. The standard InChI is InChI=1S/C50H56F3N7O13S3/c51-50(52,53)75(67,68)42-30-38(76(69,70)58-45(62)33-11-13-34(54)14-12-33)15-16-40(42)56-35(31-74-37-8-2-1-3-9-37)19-23-59-24-20-36(21-25-59)73-49(66)55-22-27-72-29-28-71-26-5-7-32-6-4-10-39-44(32)48(65)60(47(39)64)41-17-18-43(61)57-46(41)63/h1-4,6,8-16,30,35-36,41,56H,5,7,17-29,31,54H2,(H,55,66)(H,58,62)(H,57,61,63)/t35-,41?/m1/s1. The van der Waals surface area contributed by atoms with Crippen LogP contribution < -0.4 is 26.4 Å². The molecule has 408 valence electrons. The molecule has 20 nitrogen and oxygen atoms in total. The molecule has 26 heteroatoms. The van der Waals surface area contributed by atoms with Crippen LogP contribution >= 0.6 is 11.8 Å². The van der Waals surface area contributed by atoms with Crippen LogP contribution in [0.25, 0.3) is 0 Å². The van der Waals surface area contributed by atoms with Gasteiger partial charge in [0.15, 0.2) is 0 Å². The van der Waals surface area contributed by atoms with E-state index in [0.717, 1.165) is 21.9 Å². The zero-order chi connectivity index (χ0) is 54.6. The maximum Gasteiger partial charge on any atom is 0.501 e. The number of carbonyl (C=O) groups excluding carboxylic acids is 6. The Hall–Kier alpha value is -6.58. The average molecular weight is 1120 g/mol. The van der Waals surface area contributed by atoms with Crippen molar-refractivity contribution < 1.29 is 73.0 Å². The molecule has 0 saturated carbocycles. The van der Waals surface area contributed by atoms with Gasteiger partial charge in [-0.3, -0.25) is 34.2 Å². The molecular formula is C50H56F3N7O13S3. The van der Waals surface area contributed by atoms with E-state index in [4.69, 9.17) is 19.9 Å². The summed E-state index contributed by atoms with van der Waals surface area (Å²) >= 11 is 1.38. The molecule has 3 aliphatic rings. The van der Waals surface area contributed by atoms with Crippen LogP contribution in [-0.2, 0) is 50.1 Å². The van der Waals surface area contributed by atoms with E-state index in [0.29, 0.717) is 70.0 Å². The van der Waals surface area contributed by atoms with Gasteiger partial charge in [0.25, 0.3) is 37.6 Å². The number of sulfone groups is 1. The number of carbonyl (C=O) groups is 6. The Morgan fingerprint density at radius 2 is 1.55 bits per heavy atom. The Balaban J connectivity index is 0.830. The summed E-state index contributed by atoms with van der Waals surface area (Å²) in [6.07, 6.45) is 1.33. The Labute approximate surface area is 440 Å².